The molecule has 2 bridgehead atoms. The van der Waals surface area contributed by atoms with Crippen molar-refractivity contribution in [2.45, 2.75) is 49.2 Å². The molecule has 3 rings (SSSR count). The summed E-state index contributed by atoms with van der Waals surface area (Å²) >= 11 is 5.97. The third kappa shape index (κ3) is 2.81. The lowest BCUT2D eigenvalue weighted by Crippen LogP contribution is -2.57. The van der Waals surface area contributed by atoms with E-state index >= 15 is 0 Å². The van der Waals surface area contributed by atoms with Crippen molar-refractivity contribution >= 4 is 11.6 Å². The van der Waals surface area contributed by atoms with E-state index in [4.69, 9.17) is 17.3 Å². The summed E-state index contributed by atoms with van der Waals surface area (Å²) in [6.07, 6.45) is -0.288. The number of rotatable bonds is 2. The molecule has 0 radical (unpaired) electrons. The van der Waals surface area contributed by atoms with E-state index in [1.54, 1.807) is 12.3 Å². The van der Waals surface area contributed by atoms with Gasteiger partial charge in [-0.05, 0) is 49.1 Å². The van der Waals surface area contributed by atoms with Crippen LogP contribution in [0, 0.1) is 23.2 Å². The summed E-state index contributed by atoms with van der Waals surface area (Å²) in [5, 5.41) is 10.2. The Bertz CT molecular complexity index is 639. The van der Waals surface area contributed by atoms with E-state index < -0.39 is 23.6 Å². The molecular formula is C16H17ClF3N3. The highest BCUT2D eigenvalue weighted by Crippen LogP contribution is 2.58. The fourth-order valence-corrected chi connectivity index (χ4v) is 4.66. The first-order valence-electron chi connectivity index (χ1n) is 7.56. The largest absolute Gasteiger partial charge is 0.390 e. The van der Waals surface area contributed by atoms with Gasteiger partial charge in [-0.3, -0.25) is 4.98 Å². The number of pyridine rings is 1. The van der Waals surface area contributed by atoms with Gasteiger partial charge in [0.15, 0.2) is 0 Å². The quantitative estimate of drug-likeness (QED) is 0.883. The highest BCUT2D eigenvalue weighted by atomic mass is 35.5. The van der Waals surface area contributed by atoms with E-state index in [9.17, 15) is 18.4 Å². The van der Waals surface area contributed by atoms with E-state index in [-0.39, 0.29) is 11.8 Å². The normalized spacial score (nSPS) is 36.7. The molecule has 3 nitrogen and oxygen atoms in total. The van der Waals surface area contributed by atoms with Crippen LogP contribution in [0.4, 0.5) is 13.2 Å². The van der Waals surface area contributed by atoms with Gasteiger partial charge in [0.1, 0.15) is 0 Å². The van der Waals surface area contributed by atoms with Gasteiger partial charge in [-0.2, -0.15) is 18.4 Å². The maximum absolute atomic E-state index is 12.9. The minimum Gasteiger partial charge on any atom is -0.324 e. The lowest BCUT2D eigenvalue weighted by atomic mass is 9.58. The van der Waals surface area contributed by atoms with Crippen LogP contribution in [-0.4, -0.2) is 16.7 Å². The van der Waals surface area contributed by atoms with Crippen LogP contribution in [0.25, 0.3) is 0 Å². The first-order valence-corrected chi connectivity index (χ1v) is 7.94. The van der Waals surface area contributed by atoms with Crippen molar-refractivity contribution in [3.8, 4) is 6.07 Å². The Balaban J connectivity index is 1.95. The van der Waals surface area contributed by atoms with Crippen molar-refractivity contribution < 1.29 is 13.2 Å². The number of aromatic nitrogens is 1. The second kappa shape index (κ2) is 5.35. The molecule has 0 aromatic carbocycles. The van der Waals surface area contributed by atoms with Gasteiger partial charge in [-0.15, -0.1) is 0 Å². The van der Waals surface area contributed by atoms with Crippen molar-refractivity contribution in [1.29, 1.82) is 5.26 Å². The number of nitrogens with two attached hydrogens (primary N) is 1. The highest BCUT2D eigenvalue weighted by molar-refractivity contribution is 6.30. The number of halogens is 4. The van der Waals surface area contributed by atoms with Gasteiger partial charge in [-0.25, -0.2) is 0 Å². The Kier molecular flexibility index (Phi) is 3.85. The van der Waals surface area contributed by atoms with E-state index in [0.29, 0.717) is 36.3 Å². The highest BCUT2D eigenvalue weighted by Gasteiger charge is 2.60. The number of nitrogens with zero attached hydrogens (tertiary/aromatic N) is 2. The summed E-state index contributed by atoms with van der Waals surface area (Å²) < 4.78 is 38.8. The molecule has 23 heavy (non-hydrogen) atoms. The third-order valence-corrected chi connectivity index (χ3v) is 5.76. The molecule has 2 N–H and O–H groups in total. The maximum atomic E-state index is 12.9. The fraction of sp³-hybridized carbons (Fsp3) is 0.625. The molecule has 2 saturated carbocycles. The summed E-state index contributed by atoms with van der Waals surface area (Å²) in [5.74, 6) is -0.636. The second-order valence-corrected chi connectivity index (χ2v) is 7.31. The van der Waals surface area contributed by atoms with Crippen LogP contribution in [-0.2, 0) is 5.41 Å². The zero-order valence-corrected chi connectivity index (χ0v) is 13.2. The van der Waals surface area contributed by atoms with Gasteiger partial charge in [0, 0.05) is 17.9 Å². The molecular weight excluding hydrogens is 327 g/mol. The predicted molar refractivity (Wildman–Crippen MR) is 79.6 cm³/mol. The minimum absolute atomic E-state index is 0.318. The number of hydrogen-bond donors (Lipinski definition) is 1. The van der Waals surface area contributed by atoms with E-state index in [2.05, 4.69) is 11.1 Å². The topological polar surface area (TPSA) is 62.7 Å². The summed E-state index contributed by atoms with van der Waals surface area (Å²) in [5.41, 5.74) is 4.78. The molecule has 7 heteroatoms. The second-order valence-electron chi connectivity index (χ2n) is 6.87. The first-order chi connectivity index (χ1) is 10.7. The number of hydrogen-bond acceptors (Lipinski definition) is 3. The molecule has 2 fully saturated rings. The predicted octanol–water partition coefficient (Wildman–Crippen LogP) is 3.97. The Morgan fingerprint density at radius 2 is 1.91 bits per heavy atom. The van der Waals surface area contributed by atoms with E-state index in [1.165, 1.54) is 6.20 Å². The van der Waals surface area contributed by atoms with Crippen molar-refractivity contribution in [3.63, 3.8) is 0 Å². The van der Waals surface area contributed by atoms with Crippen molar-refractivity contribution in [1.82, 2.24) is 4.98 Å². The molecule has 2 aliphatic rings. The summed E-state index contributed by atoms with van der Waals surface area (Å²) in [7, 11) is 0. The van der Waals surface area contributed by atoms with Crippen molar-refractivity contribution in [3.05, 3.63) is 29.0 Å². The Morgan fingerprint density at radius 1 is 1.30 bits per heavy atom. The molecule has 2 unspecified atom stereocenters. The van der Waals surface area contributed by atoms with E-state index in [1.807, 2.05) is 0 Å². The summed E-state index contributed by atoms with van der Waals surface area (Å²) in [4.78, 5) is 4.02. The zero-order valence-electron chi connectivity index (χ0n) is 12.4. The summed E-state index contributed by atoms with van der Waals surface area (Å²) in [6, 6.07) is 4.01. The van der Waals surface area contributed by atoms with Crippen molar-refractivity contribution in [2.24, 2.45) is 17.6 Å². The van der Waals surface area contributed by atoms with Crippen LogP contribution >= 0.6 is 11.6 Å². The molecule has 0 aliphatic heterocycles. The Morgan fingerprint density at radius 3 is 2.39 bits per heavy atom. The average Bonchev–Trinajstić information content (AvgIpc) is 2.64. The standard InChI is InChI=1S/C16H17ClF3N3/c17-13-3-12(6-23-7-13)14(9-21)4-10-1-2-11(5-14)15(10,22)8-16(18,19)20/h3,6-7,10-11H,1-2,4-5,8,22H2. The van der Waals surface area contributed by atoms with Gasteiger partial charge in [0.2, 0.25) is 0 Å². The maximum Gasteiger partial charge on any atom is 0.390 e. The van der Waals surface area contributed by atoms with Crippen LogP contribution in [0.5, 0.6) is 0 Å². The lowest BCUT2D eigenvalue weighted by molar-refractivity contribution is -0.157. The molecule has 2 aliphatic carbocycles. The minimum atomic E-state index is -4.29. The van der Waals surface area contributed by atoms with Gasteiger partial charge >= 0.3 is 6.18 Å². The van der Waals surface area contributed by atoms with Crippen molar-refractivity contribution in [2.75, 3.05) is 0 Å². The first kappa shape index (κ1) is 16.5. The fourth-order valence-electron chi connectivity index (χ4n) is 4.48. The van der Waals surface area contributed by atoms with Crippen LogP contribution < -0.4 is 5.73 Å². The number of nitriles is 1. The van der Waals surface area contributed by atoms with Crippen LogP contribution in [0.2, 0.25) is 5.02 Å². The van der Waals surface area contributed by atoms with Crippen LogP contribution in [0.1, 0.15) is 37.7 Å². The molecule has 1 aromatic rings. The summed E-state index contributed by atoms with van der Waals surface area (Å²) in [6.45, 7) is 0. The molecule has 0 saturated heterocycles. The Labute approximate surface area is 137 Å². The number of fused-ring (bicyclic) bond motifs is 2. The lowest BCUT2D eigenvalue weighted by Gasteiger charge is -2.47. The van der Waals surface area contributed by atoms with Gasteiger partial charge < -0.3 is 5.73 Å². The van der Waals surface area contributed by atoms with Gasteiger partial charge in [0.05, 0.1) is 22.9 Å². The third-order valence-electron chi connectivity index (χ3n) is 5.55. The smallest absolute Gasteiger partial charge is 0.324 e. The molecule has 2 atom stereocenters. The molecule has 0 spiro atoms. The Hall–Kier alpha value is -1.32. The molecule has 124 valence electrons. The zero-order chi connectivity index (χ0) is 16.9. The number of alkyl halides is 3. The van der Waals surface area contributed by atoms with Gasteiger partial charge in [-0.1, -0.05) is 11.6 Å². The van der Waals surface area contributed by atoms with E-state index in [0.717, 1.165) is 0 Å². The van der Waals surface area contributed by atoms with Crippen LogP contribution in [0.15, 0.2) is 18.5 Å². The van der Waals surface area contributed by atoms with Gasteiger partial charge in [0.25, 0.3) is 0 Å². The van der Waals surface area contributed by atoms with Crippen LogP contribution in [0.3, 0.4) is 0 Å². The SMILES string of the molecule is N#CC1(c2cncc(Cl)c2)CC2CCC(C1)C2(N)CC(F)(F)F. The molecule has 1 aromatic heterocycles. The average molecular weight is 344 g/mol. The molecule has 0 amide bonds. The molecule has 1 heterocycles. The monoisotopic (exact) mass is 343 g/mol.